The third-order valence-corrected chi connectivity index (χ3v) is 7.83. The normalized spacial score (nSPS) is 13.4. The summed E-state index contributed by atoms with van der Waals surface area (Å²) in [4.78, 5) is 2.47. The second-order valence-electron chi connectivity index (χ2n) is 9.01. The molecule has 1 saturated heterocycles. The quantitative estimate of drug-likeness (QED) is 0.199. The van der Waals surface area contributed by atoms with Gasteiger partial charge in [-0.25, -0.2) is 0 Å². The first-order chi connectivity index (χ1) is 18.1. The summed E-state index contributed by atoms with van der Waals surface area (Å²) in [5.41, 5.74) is 6.13. The Morgan fingerprint density at radius 2 is 1.68 bits per heavy atom. The highest BCUT2D eigenvalue weighted by molar-refractivity contribution is 7.20. The number of hydrogen-bond donors (Lipinski definition) is 2. The van der Waals surface area contributed by atoms with Crippen molar-refractivity contribution in [1.29, 1.82) is 0 Å². The molecule has 5 rings (SSSR count). The molecule has 4 aromatic rings. The van der Waals surface area contributed by atoms with E-state index in [1.165, 1.54) is 52.8 Å². The Bertz CT molecular complexity index is 1370. The highest BCUT2D eigenvalue weighted by Crippen LogP contribution is 2.35. The van der Waals surface area contributed by atoms with Gasteiger partial charge in [-0.15, -0.1) is 26.7 Å². The fraction of sp³-hybridized carbons (Fsp3) is 0.333. The molecular formula is C27H31N7OS2. The molecule has 0 aliphatic carbocycles. The van der Waals surface area contributed by atoms with Crippen LogP contribution in [0.2, 0.25) is 0 Å². The number of ether oxygens (including phenoxy) is 1. The van der Waals surface area contributed by atoms with Crippen LogP contribution in [0.15, 0.2) is 58.8 Å². The highest BCUT2D eigenvalue weighted by Gasteiger charge is 2.14. The smallest absolute Gasteiger partial charge is 0.295 e. The predicted octanol–water partition coefficient (Wildman–Crippen LogP) is 8.51. The Kier molecular flexibility index (Phi) is 7.96. The Labute approximate surface area is 225 Å². The van der Waals surface area contributed by atoms with Crippen LogP contribution in [-0.2, 0) is 0 Å². The summed E-state index contributed by atoms with van der Waals surface area (Å²) in [5, 5.41) is 27.2. The Morgan fingerprint density at radius 3 is 2.46 bits per heavy atom. The minimum absolute atomic E-state index is 0.479. The largest absolute Gasteiger partial charge is 0.469 e. The fourth-order valence-corrected chi connectivity index (χ4v) is 5.64. The zero-order chi connectivity index (χ0) is 25.6. The van der Waals surface area contributed by atoms with E-state index in [4.69, 9.17) is 4.74 Å². The van der Waals surface area contributed by atoms with Crippen molar-refractivity contribution in [2.75, 3.05) is 35.2 Å². The summed E-state index contributed by atoms with van der Waals surface area (Å²) in [5.74, 6) is 0. The van der Waals surface area contributed by atoms with Gasteiger partial charge >= 0.3 is 0 Å². The van der Waals surface area contributed by atoms with Gasteiger partial charge in [0, 0.05) is 30.2 Å². The molecule has 8 nitrogen and oxygen atoms in total. The van der Waals surface area contributed by atoms with E-state index in [9.17, 15) is 0 Å². The van der Waals surface area contributed by atoms with Crippen LogP contribution < -0.4 is 20.3 Å². The van der Waals surface area contributed by atoms with Gasteiger partial charge in [0.25, 0.3) is 10.3 Å². The molecule has 0 spiro atoms. The number of thiophene rings is 1. The third-order valence-electron chi connectivity index (χ3n) is 6.05. The fourth-order valence-electron chi connectivity index (χ4n) is 4.11. The number of anilines is 5. The monoisotopic (exact) mass is 533 g/mol. The first-order valence-corrected chi connectivity index (χ1v) is 14.2. The van der Waals surface area contributed by atoms with Crippen LogP contribution in [-0.4, -0.2) is 29.9 Å². The van der Waals surface area contributed by atoms with Crippen LogP contribution in [0.1, 0.15) is 37.3 Å². The van der Waals surface area contributed by atoms with Crippen LogP contribution in [0.3, 0.4) is 0 Å². The van der Waals surface area contributed by atoms with Gasteiger partial charge < -0.3 is 20.3 Å². The van der Waals surface area contributed by atoms with Gasteiger partial charge in [-0.05, 0) is 104 Å². The summed E-state index contributed by atoms with van der Waals surface area (Å²) in [6.07, 6.45) is 3.51. The first-order valence-electron chi connectivity index (χ1n) is 12.6. The number of aromatic nitrogens is 2. The molecule has 2 aromatic heterocycles. The maximum atomic E-state index is 5.48. The molecule has 0 radical (unpaired) electrons. The summed E-state index contributed by atoms with van der Waals surface area (Å²) in [6, 6.07) is 16.8. The van der Waals surface area contributed by atoms with Gasteiger partial charge in [-0.1, -0.05) is 12.0 Å². The lowest BCUT2D eigenvalue weighted by Crippen LogP contribution is -2.15. The van der Waals surface area contributed by atoms with E-state index in [2.05, 4.69) is 79.3 Å². The van der Waals surface area contributed by atoms with Crippen molar-refractivity contribution in [2.24, 2.45) is 10.2 Å². The van der Waals surface area contributed by atoms with Crippen molar-refractivity contribution >= 4 is 60.6 Å². The molecule has 0 saturated carbocycles. The molecule has 1 fully saturated rings. The van der Waals surface area contributed by atoms with Crippen LogP contribution in [0.4, 0.5) is 37.9 Å². The molecule has 10 heteroatoms. The molecule has 0 unspecified atom stereocenters. The van der Waals surface area contributed by atoms with Crippen molar-refractivity contribution in [3.05, 3.63) is 59.7 Å². The molecule has 0 amide bonds. The lowest BCUT2D eigenvalue weighted by molar-refractivity contribution is 0.313. The number of nitrogens with one attached hydrogen (secondary N) is 2. The molecule has 1 aliphatic heterocycles. The predicted molar refractivity (Wildman–Crippen MR) is 155 cm³/mol. The molecule has 2 aromatic carbocycles. The number of hydrogen-bond acceptors (Lipinski definition) is 10. The maximum absolute atomic E-state index is 5.48. The molecule has 37 heavy (non-hydrogen) atoms. The zero-order valence-electron chi connectivity index (χ0n) is 21.3. The number of aryl methyl sites for hydroxylation is 2. The molecule has 1 aliphatic rings. The van der Waals surface area contributed by atoms with E-state index in [0.717, 1.165) is 34.7 Å². The Balaban J connectivity index is 1.20. The minimum atomic E-state index is 0.479. The zero-order valence-corrected chi connectivity index (χ0v) is 23.0. The highest BCUT2D eigenvalue weighted by atomic mass is 32.1. The van der Waals surface area contributed by atoms with Gasteiger partial charge in [0.2, 0.25) is 0 Å². The average Bonchev–Trinajstić information content (AvgIpc) is 3.66. The van der Waals surface area contributed by atoms with E-state index >= 15 is 0 Å². The SMILES string of the molecule is CCCOc1nnc(N=Nc2ccc(Nc3ccc(Nc4ccc(N5CCCC5)s4)cc3C)cc2C)s1. The van der Waals surface area contributed by atoms with Gasteiger partial charge in [0.1, 0.15) is 0 Å². The number of rotatable bonds is 10. The lowest BCUT2D eigenvalue weighted by atomic mass is 10.1. The summed E-state index contributed by atoms with van der Waals surface area (Å²) in [6.45, 7) is 9.14. The van der Waals surface area contributed by atoms with E-state index in [-0.39, 0.29) is 0 Å². The van der Waals surface area contributed by atoms with Gasteiger partial charge in [0.05, 0.1) is 22.3 Å². The maximum Gasteiger partial charge on any atom is 0.295 e. The number of azo groups is 1. The summed E-state index contributed by atoms with van der Waals surface area (Å²) >= 11 is 3.11. The molecule has 192 valence electrons. The van der Waals surface area contributed by atoms with Gasteiger partial charge in [-0.2, -0.15) is 0 Å². The van der Waals surface area contributed by atoms with Crippen LogP contribution in [0, 0.1) is 13.8 Å². The second-order valence-corrected chi connectivity index (χ2v) is 11.0. The van der Waals surface area contributed by atoms with Crippen LogP contribution >= 0.6 is 22.7 Å². The van der Waals surface area contributed by atoms with Crippen molar-refractivity contribution in [2.45, 2.75) is 40.0 Å². The number of benzene rings is 2. The van der Waals surface area contributed by atoms with Crippen molar-refractivity contribution < 1.29 is 4.74 Å². The summed E-state index contributed by atoms with van der Waals surface area (Å²) in [7, 11) is 0. The van der Waals surface area contributed by atoms with Crippen LogP contribution in [0.5, 0.6) is 5.19 Å². The van der Waals surface area contributed by atoms with Crippen molar-refractivity contribution in [3.8, 4) is 5.19 Å². The number of nitrogens with zero attached hydrogens (tertiary/aromatic N) is 5. The van der Waals surface area contributed by atoms with E-state index in [0.29, 0.717) is 16.9 Å². The van der Waals surface area contributed by atoms with Crippen LogP contribution in [0.25, 0.3) is 0 Å². The molecular weight excluding hydrogens is 502 g/mol. The van der Waals surface area contributed by atoms with E-state index < -0.39 is 0 Å². The molecule has 2 N–H and O–H groups in total. The van der Waals surface area contributed by atoms with E-state index in [1.54, 1.807) is 0 Å². The van der Waals surface area contributed by atoms with Gasteiger partial charge in [0.15, 0.2) is 0 Å². The lowest BCUT2D eigenvalue weighted by Gasteiger charge is -2.14. The topological polar surface area (TPSA) is 87.0 Å². The minimum Gasteiger partial charge on any atom is -0.469 e. The molecule has 0 atom stereocenters. The molecule has 3 heterocycles. The third kappa shape index (κ3) is 6.44. The van der Waals surface area contributed by atoms with Crippen molar-refractivity contribution in [1.82, 2.24) is 10.2 Å². The second kappa shape index (κ2) is 11.7. The van der Waals surface area contributed by atoms with Gasteiger partial charge in [-0.3, -0.25) is 0 Å². The van der Waals surface area contributed by atoms with Crippen molar-refractivity contribution in [3.63, 3.8) is 0 Å². The Morgan fingerprint density at radius 1 is 0.892 bits per heavy atom. The average molecular weight is 534 g/mol. The standard InChI is InChI=1S/C27H31N7OS2/c1-4-15-35-27-33-32-26(37-27)31-30-23-10-8-20(17-19(23)3)28-22-9-7-21(16-18(22)2)29-24-11-12-25(36-24)34-13-5-6-14-34/h7-12,16-17,28-29H,4-6,13-15H2,1-3H3. The van der Waals surface area contributed by atoms with E-state index in [1.807, 2.05) is 37.3 Å². The Hall–Kier alpha value is -3.50. The first kappa shape index (κ1) is 25.2. The molecule has 0 bridgehead atoms. The summed E-state index contributed by atoms with van der Waals surface area (Å²) < 4.78 is 5.48.